The molecular weight excluding hydrogens is 871 g/mol. The topological polar surface area (TPSA) is 83.5 Å². The van der Waals surface area contributed by atoms with Gasteiger partial charge in [-0.15, -0.1) is 0 Å². The van der Waals surface area contributed by atoms with E-state index in [1.807, 2.05) is 0 Å². The smallest absolute Gasteiger partial charge is 0.346 e. The fraction of sp³-hybridized carbons (Fsp3) is 0. The molecule has 2 aromatic rings. The Labute approximate surface area is 208 Å². The van der Waals surface area contributed by atoms with Crippen LogP contribution in [0.3, 0.4) is 0 Å². The molecule has 0 radical (unpaired) electrons. The third-order valence-electron chi connectivity index (χ3n) is 3.04. The molecule has 0 saturated carbocycles. The number of carbonyl (C=O) groups excluding carboxylic acids is 1. The summed E-state index contributed by atoms with van der Waals surface area (Å²) < 4.78 is 107. The van der Waals surface area contributed by atoms with Gasteiger partial charge in [0.05, 0.1) is 10.5 Å². The molecule has 0 bridgehead atoms. The second kappa shape index (κ2) is 8.86. The van der Waals surface area contributed by atoms with Crippen LogP contribution >= 0.6 is 90.4 Å². The zero-order valence-electron chi connectivity index (χ0n) is 12.4. The Kier molecular flexibility index (Phi) is 7.81. The van der Waals surface area contributed by atoms with Gasteiger partial charge in [0.2, 0.25) is 34.8 Å². The standard InChI is InChI=1S/C13HF5I4O5S/c14-2-3(15)5(17)11(6(18)4(2)16)27-13(23)1-7(19)8(20)9(21)10(22)12(1)28(24,25)26/h(H,24,25,26)/p-1. The number of hydrogen-bond donors (Lipinski definition) is 0. The summed E-state index contributed by atoms with van der Waals surface area (Å²) in [6.45, 7) is 0. The van der Waals surface area contributed by atoms with E-state index in [0.29, 0.717) is 7.14 Å². The van der Waals surface area contributed by atoms with Gasteiger partial charge in [-0.25, -0.2) is 26.4 Å². The van der Waals surface area contributed by atoms with Crippen LogP contribution in [0.4, 0.5) is 22.0 Å². The molecule has 0 fully saturated rings. The van der Waals surface area contributed by atoms with Crippen molar-refractivity contribution in [1.82, 2.24) is 0 Å². The highest BCUT2D eigenvalue weighted by atomic mass is 127. The van der Waals surface area contributed by atoms with Crippen molar-refractivity contribution in [1.29, 1.82) is 0 Å². The summed E-state index contributed by atoms with van der Waals surface area (Å²) in [4.78, 5) is 11.4. The van der Waals surface area contributed by atoms with E-state index < -0.39 is 61.4 Å². The molecule has 0 saturated heterocycles. The van der Waals surface area contributed by atoms with Gasteiger partial charge in [-0.3, -0.25) is 0 Å². The van der Waals surface area contributed by atoms with Crippen LogP contribution in [0.1, 0.15) is 10.4 Å². The van der Waals surface area contributed by atoms with Crippen molar-refractivity contribution in [3.63, 3.8) is 0 Å². The molecule has 2 aromatic carbocycles. The van der Waals surface area contributed by atoms with Crippen LogP contribution in [0, 0.1) is 43.4 Å². The van der Waals surface area contributed by atoms with Crippen molar-refractivity contribution < 1.29 is 44.5 Å². The Bertz CT molecular complexity index is 1110. The molecule has 0 spiro atoms. The zero-order chi connectivity index (χ0) is 21.7. The molecule has 0 aromatic heterocycles. The number of rotatable bonds is 3. The van der Waals surface area contributed by atoms with Crippen LogP contribution in [-0.2, 0) is 10.1 Å². The Morgan fingerprint density at radius 1 is 0.750 bits per heavy atom. The maximum Gasteiger partial charge on any atom is 0.346 e. The lowest BCUT2D eigenvalue weighted by atomic mass is 10.2. The zero-order valence-corrected chi connectivity index (χ0v) is 21.8. The molecule has 2 rings (SSSR count). The average Bonchev–Trinajstić information content (AvgIpc) is 2.61. The van der Waals surface area contributed by atoms with E-state index in [2.05, 4.69) is 4.74 Å². The minimum atomic E-state index is -5.27. The predicted molar refractivity (Wildman–Crippen MR) is 116 cm³/mol. The van der Waals surface area contributed by atoms with E-state index in [4.69, 9.17) is 0 Å². The molecule has 0 atom stereocenters. The first-order valence-corrected chi connectivity index (χ1v) is 12.0. The fourth-order valence-electron chi connectivity index (χ4n) is 1.85. The Morgan fingerprint density at radius 2 is 1.14 bits per heavy atom. The molecule has 0 aliphatic heterocycles. The maximum atomic E-state index is 13.8. The molecule has 0 aliphatic carbocycles. The Hall–Kier alpha value is 0.390. The van der Waals surface area contributed by atoms with E-state index in [9.17, 15) is 39.7 Å². The van der Waals surface area contributed by atoms with E-state index >= 15 is 0 Å². The van der Waals surface area contributed by atoms with Gasteiger partial charge in [0, 0.05) is 14.3 Å². The summed E-state index contributed by atoms with van der Waals surface area (Å²) >= 11 is 6.39. The van der Waals surface area contributed by atoms with Gasteiger partial charge >= 0.3 is 5.97 Å². The van der Waals surface area contributed by atoms with Crippen LogP contribution < -0.4 is 4.74 Å². The van der Waals surface area contributed by atoms with Crippen molar-refractivity contribution >= 4 is 106 Å². The van der Waals surface area contributed by atoms with Crippen LogP contribution in [-0.4, -0.2) is 18.9 Å². The van der Waals surface area contributed by atoms with Crippen LogP contribution in [0.15, 0.2) is 4.90 Å². The summed E-state index contributed by atoms with van der Waals surface area (Å²) in [5.74, 6) is -15.8. The van der Waals surface area contributed by atoms with Crippen molar-refractivity contribution in [2.75, 3.05) is 0 Å². The normalized spacial score (nSPS) is 11.6. The summed E-state index contributed by atoms with van der Waals surface area (Å²) in [6.07, 6.45) is 0. The molecule has 0 amide bonds. The van der Waals surface area contributed by atoms with Gasteiger partial charge in [0.1, 0.15) is 10.1 Å². The lowest BCUT2D eigenvalue weighted by molar-refractivity contribution is 0.0710. The minimum Gasteiger partial charge on any atom is -0.744 e. The van der Waals surface area contributed by atoms with E-state index in [0.717, 1.165) is 0 Å². The quantitative estimate of drug-likeness (QED) is 0.0833. The molecule has 0 unspecified atom stereocenters. The van der Waals surface area contributed by atoms with Crippen molar-refractivity contribution in [2.45, 2.75) is 4.90 Å². The van der Waals surface area contributed by atoms with Gasteiger partial charge in [-0.2, -0.15) is 8.78 Å². The van der Waals surface area contributed by atoms with Gasteiger partial charge in [-0.05, 0) is 90.4 Å². The van der Waals surface area contributed by atoms with E-state index in [-0.39, 0.29) is 7.14 Å². The largest absolute Gasteiger partial charge is 0.744 e. The van der Waals surface area contributed by atoms with Gasteiger partial charge in [0.25, 0.3) is 0 Å². The van der Waals surface area contributed by atoms with Gasteiger partial charge in [0.15, 0.2) is 0 Å². The third-order valence-corrected chi connectivity index (χ3v) is 11.7. The molecule has 0 N–H and O–H groups in total. The highest BCUT2D eigenvalue weighted by Crippen LogP contribution is 2.37. The number of halogens is 9. The average molecular weight is 871 g/mol. The first-order valence-electron chi connectivity index (χ1n) is 6.27. The highest BCUT2D eigenvalue weighted by Gasteiger charge is 2.33. The van der Waals surface area contributed by atoms with Crippen molar-refractivity contribution in [2.24, 2.45) is 0 Å². The number of esters is 1. The lowest BCUT2D eigenvalue weighted by Crippen LogP contribution is -2.21. The van der Waals surface area contributed by atoms with E-state index in [1.54, 1.807) is 45.2 Å². The molecular formula is C13F5I4O5S-. The van der Waals surface area contributed by atoms with Gasteiger partial charge in [-0.1, -0.05) is 0 Å². The Balaban J connectivity index is 2.78. The summed E-state index contributed by atoms with van der Waals surface area (Å²) in [5.41, 5.74) is -0.881. The maximum absolute atomic E-state index is 13.8. The number of carbonyl (C=O) groups is 1. The second-order valence-electron chi connectivity index (χ2n) is 4.70. The summed E-state index contributed by atoms with van der Waals surface area (Å²) in [6, 6.07) is 0. The second-order valence-corrected chi connectivity index (χ2v) is 10.3. The fourth-order valence-corrected chi connectivity index (χ4v) is 7.19. The minimum absolute atomic E-state index is 0.119. The molecule has 0 aliphatic rings. The molecule has 28 heavy (non-hydrogen) atoms. The summed E-state index contributed by atoms with van der Waals surface area (Å²) in [7, 11) is -5.27. The number of hydrogen-bond acceptors (Lipinski definition) is 5. The van der Waals surface area contributed by atoms with E-state index in [1.165, 1.54) is 45.2 Å². The molecule has 15 heteroatoms. The molecule has 5 nitrogen and oxygen atoms in total. The van der Waals surface area contributed by atoms with Gasteiger partial charge < -0.3 is 9.29 Å². The van der Waals surface area contributed by atoms with Crippen LogP contribution in [0.2, 0.25) is 0 Å². The van der Waals surface area contributed by atoms with Crippen molar-refractivity contribution in [3.8, 4) is 5.75 Å². The van der Waals surface area contributed by atoms with Crippen molar-refractivity contribution in [3.05, 3.63) is 48.9 Å². The SMILES string of the molecule is O=C(Oc1c(F)c(F)c(F)c(F)c1F)c1c(I)c(I)c(I)c(I)c1S(=O)(=O)[O-]. The van der Waals surface area contributed by atoms with Crippen LogP contribution in [0.5, 0.6) is 5.75 Å². The third kappa shape index (κ3) is 4.37. The highest BCUT2D eigenvalue weighted by molar-refractivity contribution is 14.1. The summed E-state index contributed by atoms with van der Waals surface area (Å²) in [5, 5.41) is 0. The number of benzene rings is 2. The first kappa shape index (κ1) is 24.7. The molecule has 0 heterocycles. The predicted octanol–water partition coefficient (Wildman–Crippen LogP) is 4.92. The number of ether oxygens (including phenoxy) is 1. The molecule has 152 valence electrons. The Morgan fingerprint density at radius 3 is 1.57 bits per heavy atom. The lowest BCUT2D eigenvalue weighted by Gasteiger charge is -2.19. The first-order chi connectivity index (χ1) is 12.7. The van der Waals surface area contributed by atoms with Crippen LogP contribution in [0.25, 0.3) is 0 Å². The monoisotopic (exact) mass is 871 g/mol.